The highest BCUT2D eigenvalue weighted by Crippen LogP contribution is 2.27. The lowest BCUT2D eigenvalue weighted by Crippen LogP contribution is -2.39. The third-order valence-electron chi connectivity index (χ3n) is 4.26. The predicted molar refractivity (Wildman–Crippen MR) is 90.0 cm³/mol. The number of hydrogen-bond acceptors (Lipinski definition) is 4. The maximum Gasteiger partial charge on any atom is 0.573 e. The van der Waals surface area contributed by atoms with Crippen molar-refractivity contribution in [3.63, 3.8) is 0 Å². The molecule has 142 valence electrons. The van der Waals surface area contributed by atoms with Crippen LogP contribution in [-0.2, 0) is 10.0 Å². The topological polar surface area (TPSA) is 67.4 Å². The summed E-state index contributed by atoms with van der Waals surface area (Å²) in [5, 5.41) is 3.20. The maximum absolute atomic E-state index is 12.1. The van der Waals surface area contributed by atoms with Gasteiger partial charge in [0.2, 0.25) is 10.0 Å². The normalized spacial score (nSPS) is 21.8. The van der Waals surface area contributed by atoms with Gasteiger partial charge in [0.05, 0.1) is 5.75 Å². The summed E-state index contributed by atoms with van der Waals surface area (Å²) in [6.45, 7) is 2.32. The van der Waals surface area contributed by atoms with Crippen LogP contribution in [0.3, 0.4) is 0 Å². The Labute approximate surface area is 146 Å². The number of halogens is 3. The summed E-state index contributed by atoms with van der Waals surface area (Å²) in [6.07, 6.45) is -1.29. The number of sulfonamides is 1. The average Bonchev–Trinajstić information content (AvgIpc) is 2.54. The van der Waals surface area contributed by atoms with E-state index < -0.39 is 16.4 Å². The molecule has 2 N–H and O–H groups in total. The Kier molecular flexibility index (Phi) is 6.56. The summed E-state index contributed by atoms with van der Waals surface area (Å²) in [7, 11) is -3.17. The van der Waals surface area contributed by atoms with Gasteiger partial charge in [-0.05, 0) is 62.8 Å². The van der Waals surface area contributed by atoms with Gasteiger partial charge in [-0.25, -0.2) is 13.1 Å². The molecule has 1 saturated carbocycles. The van der Waals surface area contributed by atoms with Crippen LogP contribution in [-0.4, -0.2) is 33.1 Å². The highest BCUT2D eigenvalue weighted by atomic mass is 32.2. The first kappa shape index (κ1) is 19.8. The lowest BCUT2D eigenvalue weighted by atomic mass is 9.86. The Morgan fingerprint density at radius 2 is 1.72 bits per heavy atom. The zero-order valence-electron chi connectivity index (χ0n) is 14.0. The third kappa shape index (κ3) is 7.11. The molecule has 0 radical (unpaired) electrons. The first-order valence-electron chi connectivity index (χ1n) is 8.26. The van der Waals surface area contributed by atoms with Gasteiger partial charge in [-0.2, -0.15) is 0 Å². The molecule has 25 heavy (non-hydrogen) atoms. The van der Waals surface area contributed by atoms with E-state index in [1.807, 2.05) is 0 Å². The molecule has 0 atom stereocenters. The smallest absolute Gasteiger partial charge is 0.406 e. The molecule has 1 aromatic rings. The molecule has 5 nitrogen and oxygen atoms in total. The highest BCUT2D eigenvalue weighted by molar-refractivity contribution is 7.89. The van der Waals surface area contributed by atoms with Gasteiger partial charge in [-0.3, -0.25) is 0 Å². The second kappa shape index (κ2) is 8.27. The van der Waals surface area contributed by atoms with Crippen molar-refractivity contribution in [2.75, 3.05) is 17.6 Å². The van der Waals surface area contributed by atoms with Crippen LogP contribution in [0.15, 0.2) is 24.3 Å². The minimum absolute atomic E-state index is 0.000000731. The van der Waals surface area contributed by atoms with Crippen LogP contribution < -0.4 is 14.8 Å². The van der Waals surface area contributed by atoms with Gasteiger partial charge in [0.15, 0.2) is 0 Å². The number of alkyl halides is 3. The Morgan fingerprint density at radius 3 is 2.24 bits per heavy atom. The van der Waals surface area contributed by atoms with Crippen LogP contribution in [0.2, 0.25) is 0 Å². The molecule has 1 aromatic carbocycles. The number of rotatable bonds is 7. The van der Waals surface area contributed by atoms with E-state index in [2.05, 4.69) is 14.8 Å². The van der Waals surface area contributed by atoms with Crippen LogP contribution >= 0.6 is 0 Å². The zero-order valence-corrected chi connectivity index (χ0v) is 14.8. The van der Waals surface area contributed by atoms with Crippen molar-refractivity contribution in [1.29, 1.82) is 0 Å². The molecule has 1 fully saturated rings. The molecule has 1 aliphatic rings. The number of ether oxygens (including phenoxy) is 1. The van der Waals surface area contributed by atoms with Crippen LogP contribution in [0.4, 0.5) is 18.9 Å². The van der Waals surface area contributed by atoms with Crippen LogP contribution in [0, 0.1) is 5.92 Å². The molecule has 0 amide bonds. The molecule has 1 aliphatic carbocycles. The number of anilines is 1. The SMILES string of the molecule is CCS(=O)(=O)N[C@H]1CC[C@H](CNc2ccc(OC(F)(F)F)cc2)CC1. The molecule has 0 spiro atoms. The van der Waals surface area contributed by atoms with Gasteiger partial charge in [0, 0.05) is 18.3 Å². The molecule has 0 heterocycles. The summed E-state index contributed by atoms with van der Waals surface area (Å²) >= 11 is 0. The highest BCUT2D eigenvalue weighted by Gasteiger charge is 2.31. The Hall–Kier alpha value is -1.48. The first-order chi connectivity index (χ1) is 11.7. The standard InChI is InChI=1S/C16H23F3N2O3S/c1-2-25(22,23)21-14-5-3-12(4-6-14)11-20-13-7-9-15(10-8-13)24-16(17,18)19/h7-10,12,14,20-21H,2-6,11H2,1H3/t12-,14-. The first-order valence-corrected chi connectivity index (χ1v) is 9.92. The van der Waals surface area contributed by atoms with Gasteiger partial charge in [0.25, 0.3) is 0 Å². The molecule has 0 bridgehead atoms. The minimum Gasteiger partial charge on any atom is -0.406 e. The van der Waals surface area contributed by atoms with E-state index in [0.717, 1.165) is 31.4 Å². The molecule has 0 aliphatic heterocycles. The number of benzene rings is 1. The van der Waals surface area contributed by atoms with Gasteiger partial charge in [-0.15, -0.1) is 13.2 Å². The fraction of sp³-hybridized carbons (Fsp3) is 0.625. The third-order valence-corrected chi connectivity index (χ3v) is 5.71. The van der Waals surface area contributed by atoms with Crippen molar-refractivity contribution in [3.8, 4) is 5.75 Å². The maximum atomic E-state index is 12.1. The number of hydrogen-bond donors (Lipinski definition) is 2. The van der Waals surface area contributed by atoms with Crippen molar-refractivity contribution in [2.45, 2.75) is 45.0 Å². The van der Waals surface area contributed by atoms with E-state index in [-0.39, 0.29) is 17.5 Å². The summed E-state index contributed by atoms with van der Waals surface area (Å²) in [6, 6.07) is 5.63. The van der Waals surface area contributed by atoms with Crippen molar-refractivity contribution in [2.24, 2.45) is 5.92 Å². The number of nitrogens with one attached hydrogen (secondary N) is 2. The molecule has 0 aromatic heterocycles. The Balaban J connectivity index is 1.74. The lowest BCUT2D eigenvalue weighted by molar-refractivity contribution is -0.274. The van der Waals surface area contributed by atoms with Crippen LogP contribution in [0.25, 0.3) is 0 Å². The molecule has 9 heteroatoms. The Bertz CT molecular complexity index is 640. The molecule has 0 unspecified atom stereocenters. The fourth-order valence-corrected chi connectivity index (χ4v) is 3.77. The van der Waals surface area contributed by atoms with Gasteiger partial charge in [0.1, 0.15) is 5.75 Å². The van der Waals surface area contributed by atoms with Gasteiger partial charge in [-0.1, -0.05) is 0 Å². The van der Waals surface area contributed by atoms with E-state index in [1.54, 1.807) is 19.1 Å². The van der Waals surface area contributed by atoms with Crippen LogP contribution in [0.1, 0.15) is 32.6 Å². The second-order valence-corrected chi connectivity index (χ2v) is 8.23. The zero-order chi connectivity index (χ0) is 18.5. The summed E-state index contributed by atoms with van der Waals surface area (Å²) < 4.78 is 66.0. The summed E-state index contributed by atoms with van der Waals surface area (Å²) in [5.74, 6) is 0.248. The van der Waals surface area contributed by atoms with E-state index in [4.69, 9.17) is 0 Å². The van der Waals surface area contributed by atoms with Gasteiger partial charge >= 0.3 is 6.36 Å². The minimum atomic E-state index is -4.69. The fourth-order valence-electron chi connectivity index (χ4n) is 2.86. The second-order valence-electron chi connectivity index (χ2n) is 6.19. The summed E-state index contributed by atoms with van der Waals surface area (Å²) in [5.41, 5.74) is 0.725. The van der Waals surface area contributed by atoms with Crippen LogP contribution in [0.5, 0.6) is 5.75 Å². The van der Waals surface area contributed by atoms with Crippen molar-refractivity contribution in [3.05, 3.63) is 24.3 Å². The Morgan fingerprint density at radius 1 is 1.12 bits per heavy atom. The predicted octanol–water partition coefficient (Wildman–Crippen LogP) is 3.50. The molecule has 0 saturated heterocycles. The van der Waals surface area contributed by atoms with E-state index in [1.165, 1.54) is 12.1 Å². The van der Waals surface area contributed by atoms with Crippen molar-refractivity contribution >= 4 is 15.7 Å². The van der Waals surface area contributed by atoms with Gasteiger partial charge < -0.3 is 10.1 Å². The molecular formula is C16H23F3N2O3S. The van der Waals surface area contributed by atoms with E-state index in [9.17, 15) is 21.6 Å². The average molecular weight is 380 g/mol. The van der Waals surface area contributed by atoms with E-state index in [0.29, 0.717) is 12.5 Å². The monoisotopic (exact) mass is 380 g/mol. The van der Waals surface area contributed by atoms with Crippen molar-refractivity contribution < 1.29 is 26.3 Å². The van der Waals surface area contributed by atoms with Crippen molar-refractivity contribution in [1.82, 2.24) is 4.72 Å². The lowest BCUT2D eigenvalue weighted by Gasteiger charge is -2.29. The molecule has 2 rings (SSSR count). The molecular weight excluding hydrogens is 357 g/mol. The largest absolute Gasteiger partial charge is 0.573 e. The summed E-state index contributed by atoms with van der Waals surface area (Å²) in [4.78, 5) is 0. The quantitative estimate of drug-likeness (QED) is 0.760. The van der Waals surface area contributed by atoms with E-state index >= 15 is 0 Å².